The van der Waals surface area contributed by atoms with Gasteiger partial charge in [0.25, 0.3) is 0 Å². The zero-order valence-corrected chi connectivity index (χ0v) is 7.64. The number of allylic oxidation sites excluding steroid dienone is 1. The minimum absolute atomic E-state index is 0.187. The molecule has 3 nitrogen and oxygen atoms in total. The molecule has 0 aromatic heterocycles. The van der Waals surface area contributed by atoms with Crippen LogP contribution in [0.15, 0.2) is 12.2 Å². The Morgan fingerprint density at radius 3 is 2.25 bits per heavy atom. The van der Waals surface area contributed by atoms with Crippen molar-refractivity contribution >= 4 is 0 Å². The summed E-state index contributed by atoms with van der Waals surface area (Å²) < 4.78 is 0. The lowest BCUT2D eigenvalue weighted by Crippen LogP contribution is -2.12. The molecular formula is C9H18O3. The molecule has 3 heteroatoms. The molecule has 3 atom stereocenters. The Morgan fingerprint density at radius 1 is 1.25 bits per heavy atom. The molecule has 0 aliphatic carbocycles. The van der Waals surface area contributed by atoms with Gasteiger partial charge in [-0.15, -0.1) is 0 Å². The Bertz CT molecular complexity index is 132. The normalized spacial score (nSPS) is 19.4. The third-order valence-corrected chi connectivity index (χ3v) is 1.88. The largest absolute Gasteiger partial charge is 0.393 e. The van der Waals surface area contributed by atoms with Crippen molar-refractivity contribution in [1.82, 2.24) is 0 Å². The number of aliphatic hydroxyl groups is 3. The van der Waals surface area contributed by atoms with E-state index in [2.05, 4.69) is 0 Å². The van der Waals surface area contributed by atoms with Gasteiger partial charge in [-0.3, -0.25) is 0 Å². The molecule has 0 amide bonds. The van der Waals surface area contributed by atoms with E-state index in [4.69, 9.17) is 15.3 Å². The average molecular weight is 174 g/mol. The summed E-state index contributed by atoms with van der Waals surface area (Å²) in [5.74, 6) is 0.187. The van der Waals surface area contributed by atoms with Crippen molar-refractivity contribution in [3.05, 3.63) is 12.2 Å². The molecule has 0 fully saturated rings. The van der Waals surface area contributed by atoms with Crippen LogP contribution in [-0.4, -0.2) is 34.1 Å². The highest BCUT2D eigenvalue weighted by Crippen LogP contribution is 2.08. The van der Waals surface area contributed by atoms with Gasteiger partial charge in [-0.25, -0.2) is 0 Å². The van der Waals surface area contributed by atoms with E-state index in [-0.39, 0.29) is 18.6 Å². The first-order valence-corrected chi connectivity index (χ1v) is 4.21. The standard InChI is InChI=1S/C9H18O3/c1-7(8(2)11)4-3-5-9(12)6-10/h3,5,7-12H,4,6H2,1-2H3/b5-3-/t7?,8?,9-/m0/s1. The maximum Gasteiger partial charge on any atom is 0.0951 e. The van der Waals surface area contributed by atoms with Gasteiger partial charge >= 0.3 is 0 Å². The lowest BCUT2D eigenvalue weighted by Gasteiger charge is -2.11. The van der Waals surface area contributed by atoms with Crippen LogP contribution in [0.4, 0.5) is 0 Å². The van der Waals surface area contributed by atoms with Crippen molar-refractivity contribution in [3.63, 3.8) is 0 Å². The molecule has 0 spiro atoms. The van der Waals surface area contributed by atoms with Crippen LogP contribution >= 0.6 is 0 Å². The first-order valence-electron chi connectivity index (χ1n) is 4.21. The average Bonchev–Trinajstić information content (AvgIpc) is 2.03. The second-order valence-electron chi connectivity index (χ2n) is 3.13. The number of hydrogen-bond donors (Lipinski definition) is 3. The van der Waals surface area contributed by atoms with Gasteiger partial charge in [0, 0.05) is 0 Å². The SMILES string of the molecule is CC(O)C(C)C/C=C\[C@H](O)CO. The molecule has 0 heterocycles. The topological polar surface area (TPSA) is 60.7 Å². The third kappa shape index (κ3) is 5.29. The van der Waals surface area contributed by atoms with Gasteiger partial charge in [0.15, 0.2) is 0 Å². The van der Waals surface area contributed by atoms with Crippen LogP contribution in [0.1, 0.15) is 20.3 Å². The fourth-order valence-electron chi connectivity index (χ4n) is 0.708. The van der Waals surface area contributed by atoms with Gasteiger partial charge < -0.3 is 15.3 Å². The van der Waals surface area contributed by atoms with Gasteiger partial charge in [-0.2, -0.15) is 0 Å². The summed E-state index contributed by atoms with van der Waals surface area (Å²) in [5, 5.41) is 26.5. The number of hydrogen-bond acceptors (Lipinski definition) is 3. The van der Waals surface area contributed by atoms with E-state index in [9.17, 15) is 0 Å². The van der Waals surface area contributed by atoms with Crippen molar-refractivity contribution in [2.75, 3.05) is 6.61 Å². The molecule has 0 bridgehead atoms. The van der Waals surface area contributed by atoms with E-state index in [0.717, 1.165) is 0 Å². The molecular weight excluding hydrogens is 156 g/mol. The molecule has 0 aliphatic rings. The van der Waals surface area contributed by atoms with Crippen LogP contribution in [0.25, 0.3) is 0 Å². The zero-order valence-electron chi connectivity index (χ0n) is 7.64. The van der Waals surface area contributed by atoms with E-state index in [1.165, 1.54) is 0 Å². The molecule has 0 radical (unpaired) electrons. The van der Waals surface area contributed by atoms with E-state index >= 15 is 0 Å². The van der Waals surface area contributed by atoms with Crippen molar-refractivity contribution < 1.29 is 15.3 Å². The van der Waals surface area contributed by atoms with Crippen molar-refractivity contribution in [2.24, 2.45) is 5.92 Å². The van der Waals surface area contributed by atoms with Crippen molar-refractivity contribution in [2.45, 2.75) is 32.5 Å². The van der Waals surface area contributed by atoms with Gasteiger partial charge in [-0.05, 0) is 19.3 Å². The molecule has 3 N–H and O–H groups in total. The van der Waals surface area contributed by atoms with E-state index in [1.54, 1.807) is 19.1 Å². The maximum absolute atomic E-state index is 9.10. The van der Waals surface area contributed by atoms with Gasteiger partial charge in [-0.1, -0.05) is 19.1 Å². The highest BCUT2D eigenvalue weighted by Gasteiger charge is 2.05. The van der Waals surface area contributed by atoms with Crippen LogP contribution in [0, 0.1) is 5.92 Å². The lowest BCUT2D eigenvalue weighted by molar-refractivity contribution is 0.128. The van der Waals surface area contributed by atoms with Crippen LogP contribution in [0.3, 0.4) is 0 Å². The molecule has 2 unspecified atom stereocenters. The smallest absolute Gasteiger partial charge is 0.0951 e. The summed E-state index contributed by atoms with van der Waals surface area (Å²) in [4.78, 5) is 0. The lowest BCUT2D eigenvalue weighted by atomic mass is 10.0. The molecule has 0 aromatic rings. The van der Waals surface area contributed by atoms with Crippen LogP contribution in [0.5, 0.6) is 0 Å². The molecule has 72 valence electrons. The van der Waals surface area contributed by atoms with Crippen LogP contribution < -0.4 is 0 Å². The summed E-state index contributed by atoms with van der Waals surface area (Å²) >= 11 is 0. The predicted octanol–water partition coefficient (Wildman–Crippen LogP) is 0.303. The monoisotopic (exact) mass is 174 g/mol. The summed E-state index contributed by atoms with van der Waals surface area (Å²) in [7, 11) is 0. The first-order chi connectivity index (χ1) is 5.57. The third-order valence-electron chi connectivity index (χ3n) is 1.88. The van der Waals surface area contributed by atoms with Gasteiger partial charge in [0.1, 0.15) is 0 Å². The van der Waals surface area contributed by atoms with E-state index in [0.29, 0.717) is 6.42 Å². The molecule has 0 saturated carbocycles. The summed E-state index contributed by atoms with van der Waals surface area (Å²) in [6, 6.07) is 0. The minimum Gasteiger partial charge on any atom is -0.393 e. The summed E-state index contributed by atoms with van der Waals surface area (Å²) in [6.45, 7) is 3.42. The Balaban J connectivity index is 3.59. The fourth-order valence-corrected chi connectivity index (χ4v) is 0.708. The summed E-state index contributed by atoms with van der Waals surface area (Å²) in [6.07, 6.45) is 2.93. The fraction of sp³-hybridized carbons (Fsp3) is 0.778. The quantitative estimate of drug-likeness (QED) is 0.525. The Kier molecular flexibility index (Phi) is 5.98. The van der Waals surface area contributed by atoms with Gasteiger partial charge in [0.2, 0.25) is 0 Å². The van der Waals surface area contributed by atoms with Crippen molar-refractivity contribution in [3.8, 4) is 0 Å². The highest BCUT2D eigenvalue weighted by atomic mass is 16.3. The number of aliphatic hydroxyl groups excluding tert-OH is 3. The van der Waals surface area contributed by atoms with Crippen molar-refractivity contribution in [1.29, 1.82) is 0 Å². The zero-order chi connectivity index (χ0) is 9.56. The molecule has 0 rings (SSSR count). The Hall–Kier alpha value is -0.380. The Morgan fingerprint density at radius 2 is 1.83 bits per heavy atom. The summed E-state index contributed by atoms with van der Waals surface area (Å²) in [5.41, 5.74) is 0. The molecule has 0 aliphatic heterocycles. The van der Waals surface area contributed by atoms with Crippen LogP contribution in [-0.2, 0) is 0 Å². The second kappa shape index (κ2) is 6.17. The Labute approximate surface area is 73.4 Å². The van der Waals surface area contributed by atoms with Crippen LogP contribution in [0.2, 0.25) is 0 Å². The second-order valence-corrected chi connectivity index (χ2v) is 3.13. The molecule has 0 aromatic carbocycles. The maximum atomic E-state index is 9.10. The van der Waals surface area contributed by atoms with E-state index < -0.39 is 6.10 Å². The minimum atomic E-state index is -0.772. The number of rotatable bonds is 5. The molecule has 12 heavy (non-hydrogen) atoms. The first kappa shape index (κ1) is 11.6. The van der Waals surface area contributed by atoms with Gasteiger partial charge in [0.05, 0.1) is 18.8 Å². The highest BCUT2D eigenvalue weighted by molar-refractivity contribution is 4.89. The van der Waals surface area contributed by atoms with E-state index in [1.807, 2.05) is 6.92 Å². The molecule has 0 saturated heterocycles. The predicted molar refractivity (Wildman–Crippen MR) is 47.7 cm³/mol.